The van der Waals surface area contributed by atoms with Crippen molar-refractivity contribution in [3.05, 3.63) is 95.3 Å². The molecule has 4 nitrogen and oxygen atoms in total. The van der Waals surface area contributed by atoms with Crippen LogP contribution in [0.5, 0.6) is 0 Å². The number of carbonyl (C=O) groups is 1. The van der Waals surface area contributed by atoms with Crippen LogP contribution >= 0.6 is 11.3 Å². The number of rotatable bonds is 11. The number of pyridine rings is 2. The molecule has 0 saturated heterocycles. The molecule has 5 aromatic rings. The molecule has 0 bridgehead atoms. The van der Waals surface area contributed by atoms with Gasteiger partial charge in [-0.15, -0.1) is 40.5 Å². The third kappa shape index (κ3) is 9.63. The Morgan fingerprint density at radius 3 is 2.14 bits per heavy atom. The molecule has 2 aromatic carbocycles. The first-order valence-electron chi connectivity index (χ1n) is 18.3. The zero-order chi connectivity index (χ0) is 36.9. The van der Waals surface area contributed by atoms with Gasteiger partial charge in [-0.25, -0.2) is 0 Å². The fraction of sp³-hybridized carbons (Fsp3) is 0.444. The molecule has 1 N–H and O–H groups in total. The quantitative estimate of drug-likeness (QED) is 0.0815. The fourth-order valence-corrected chi connectivity index (χ4v) is 7.15. The number of allylic oxidation sites excluding steroid dienone is 2. The number of benzene rings is 2. The number of aromatic nitrogens is 2. The molecule has 0 saturated carbocycles. The normalized spacial score (nSPS) is 12.5. The van der Waals surface area contributed by atoms with Crippen molar-refractivity contribution in [2.24, 2.45) is 16.7 Å². The molecule has 51 heavy (non-hydrogen) atoms. The summed E-state index contributed by atoms with van der Waals surface area (Å²) in [5, 5.41) is 15.9. The van der Waals surface area contributed by atoms with Gasteiger partial charge < -0.3 is 5.11 Å². The van der Waals surface area contributed by atoms with Gasteiger partial charge in [0, 0.05) is 65.2 Å². The maximum atomic E-state index is 12.2. The summed E-state index contributed by atoms with van der Waals surface area (Å²) in [4.78, 5) is 21.8. The number of hydrogen-bond acceptors (Lipinski definition) is 5. The van der Waals surface area contributed by atoms with Crippen molar-refractivity contribution >= 4 is 38.0 Å². The van der Waals surface area contributed by atoms with Gasteiger partial charge in [-0.3, -0.25) is 14.8 Å². The molecule has 1 radical (unpaired) electrons. The number of ketones is 1. The predicted octanol–water partition coefficient (Wildman–Crippen LogP) is 13.1. The van der Waals surface area contributed by atoms with Gasteiger partial charge in [0.1, 0.15) is 5.76 Å². The van der Waals surface area contributed by atoms with Crippen molar-refractivity contribution < 1.29 is 30.0 Å². The van der Waals surface area contributed by atoms with E-state index >= 15 is 0 Å². The van der Waals surface area contributed by atoms with Crippen LogP contribution in [0.25, 0.3) is 43.4 Å². The maximum Gasteiger partial charge on any atom is 0.164 e. The molecule has 0 atom stereocenters. The number of thiophene rings is 1. The summed E-state index contributed by atoms with van der Waals surface area (Å²) in [6.07, 6.45) is 9.76. The summed E-state index contributed by atoms with van der Waals surface area (Å²) in [6.45, 7) is 23.4. The monoisotopic (exact) mass is 882 g/mol. The van der Waals surface area contributed by atoms with Gasteiger partial charge in [-0.1, -0.05) is 111 Å². The van der Waals surface area contributed by atoms with Crippen molar-refractivity contribution in [3.63, 3.8) is 0 Å². The van der Waals surface area contributed by atoms with E-state index in [2.05, 4.69) is 101 Å². The Bertz CT molecular complexity index is 1960. The minimum Gasteiger partial charge on any atom is -0.512 e. The topological polar surface area (TPSA) is 63.1 Å². The van der Waals surface area contributed by atoms with Crippen LogP contribution in [0, 0.1) is 22.8 Å². The van der Waals surface area contributed by atoms with Gasteiger partial charge in [0.15, 0.2) is 5.78 Å². The SMILES string of the molecule is CC(C)Cc1cnc(-c2ccnc(-c3[c-]c4ccccc4c(C(C)(C)C)c3)c2)c2ccsc12.CCC(C)(CC)C(=O)/C=C(\O)C(C)(CC)CC.[Ir]. The molecule has 0 fully saturated rings. The van der Waals surface area contributed by atoms with Crippen LogP contribution in [0.1, 0.15) is 113 Å². The summed E-state index contributed by atoms with van der Waals surface area (Å²) in [5.41, 5.74) is 6.16. The second-order valence-electron chi connectivity index (χ2n) is 15.6. The molecule has 0 amide bonds. The van der Waals surface area contributed by atoms with E-state index < -0.39 is 0 Å². The third-order valence-electron chi connectivity index (χ3n) is 10.7. The minimum atomic E-state index is -0.337. The first-order valence-corrected chi connectivity index (χ1v) is 19.2. The number of nitrogens with zero attached hydrogens (tertiary/aromatic N) is 2. The van der Waals surface area contributed by atoms with Crippen LogP contribution in [0.4, 0.5) is 0 Å². The molecule has 5 rings (SSSR count). The third-order valence-corrected chi connectivity index (χ3v) is 11.7. The number of carbonyl (C=O) groups excluding carboxylic acids is 1. The maximum absolute atomic E-state index is 12.2. The summed E-state index contributed by atoms with van der Waals surface area (Å²) >= 11 is 1.81. The molecular formula is C45H57IrN2O2S-. The zero-order valence-electron chi connectivity index (χ0n) is 32.5. The standard InChI is InChI=1S/C30H29N2S.C15H28O2.Ir/c1-19(2)14-23-18-32-28(25-11-13-33-29(23)25)21-10-12-31-27(17-21)22-15-20-8-6-7-9-24(20)26(16-22)30(3,4)5;1-7-14(5,8-2)12(16)11-13(17)15(6,9-3)10-4;/h6-13,16-19H,14H2,1-5H3;11,16H,7-10H2,1-6H3;/q-1;;/b;12-11-;. The van der Waals surface area contributed by atoms with E-state index in [4.69, 9.17) is 9.97 Å². The Morgan fingerprint density at radius 1 is 0.882 bits per heavy atom. The molecule has 3 aromatic heterocycles. The van der Waals surface area contributed by atoms with Crippen molar-refractivity contribution in [2.45, 2.75) is 114 Å². The van der Waals surface area contributed by atoms with E-state index in [-0.39, 0.29) is 47.9 Å². The predicted molar refractivity (Wildman–Crippen MR) is 215 cm³/mol. The first kappa shape index (κ1) is 42.2. The Kier molecular flexibility index (Phi) is 14.5. The number of aliphatic hydroxyl groups excluding tert-OH is 1. The molecule has 0 aliphatic carbocycles. The fourth-order valence-electron chi connectivity index (χ4n) is 6.23. The largest absolute Gasteiger partial charge is 0.512 e. The van der Waals surface area contributed by atoms with Gasteiger partial charge in [0.25, 0.3) is 0 Å². The van der Waals surface area contributed by atoms with Crippen LogP contribution in [-0.2, 0) is 36.7 Å². The van der Waals surface area contributed by atoms with E-state index in [1.165, 1.54) is 32.7 Å². The molecule has 275 valence electrons. The Morgan fingerprint density at radius 2 is 1.53 bits per heavy atom. The summed E-state index contributed by atoms with van der Waals surface area (Å²) in [6, 6.07) is 20.8. The van der Waals surface area contributed by atoms with Crippen molar-refractivity contribution in [2.75, 3.05) is 0 Å². The second-order valence-corrected chi connectivity index (χ2v) is 16.6. The van der Waals surface area contributed by atoms with Gasteiger partial charge in [-0.2, -0.15) is 0 Å². The molecule has 0 aliphatic rings. The Balaban J connectivity index is 0.000000335. The van der Waals surface area contributed by atoms with E-state index in [9.17, 15) is 9.90 Å². The van der Waals surface area contributed by atoms with Gasteiger partial charge in [0.2, 0.25) is 0 Å². The van der Waals surface area contributed by atoms with Crippen molar-refractivity contribution in [1.29, 1.82) is 0 Å². The molecular weight excluding hydrogens is 825 g/mol. The average Bonchev–Trinajstić information content (AvgIpc) is 3.61. The molecule has 0 unspecified atom stereocenters. The van der Waals surface area contributed by atoms with Crippen LogP contribution in [-0.4, -0.2) is 20.9 Å². The minimum absolute atomic E-state index is 0. The summed E-state index contributed by atoms with van der Waals surface area (Å²) in [5.74, 6) is 0.893. The van der Waals surface area contributed by atoms with E-state index in [0.29, 0.717) is 5.92 Å². The number of hydrogen-bond donors (Lipinski definition) is 1. The van der Waals surface area contributed by atoms with Crippen molar-refractivity contribution in [1.82, 2.24) is 9.97 Å². The van der Waals surface area contributed by atoms with Crippen LogP contribution in [0.3, 0.4) is 0 Å². The Hall–Kier alpha value is -3.18. The van der Waals surface area contributed by atoms with Gasteiger partial charge in [-0.05, 0) is 72.1 Å². The summed E-state index contributed by atoms with van der Waals surface area (Å²) < 4.78 is 1.35. The smallest absolute Gasteiger partial charge is 0.164 e. The van der Waals surface area contributed by atoms with Crippen LogP contribution < -0.4 is 0 Å². The first-order chi connectivity index (χ1) is 23.6. The second kappa shape index (κ2) is 17.6. The Labute approximate surface area is 324 Å². The summed E-state index contributed by atoms with van der Waals surface area (Å²) in [7, 11) is 0. The molecule has 3 heterocycles. The van der Waals surface area contributed by atoms with E-state index in [1.54, 1.807) is 0 Å². The molecule has 6 heteroatoms. The molecule has 0 aliphatic heterocycles. The van der Waals surface area contributed by atoms with Crippen LogP contribution in [0.2, 0.25) is 0 Å². The number of aliphatic hydroxyl groups is 1. The average molecular weight is 882 g/mol. The van der Waals surface area contributed by atoms with E-state index in [1.807, 2.05) is 59.1 Å². The molecule has 0 spiro atoms. The van der Waals surface area contributed by atoms with Gasteiger partial charge >= 0.3 is 0 Å². The van der Waals surface area contributed by atoms with Crippen LogP contribution in [0.15, 0.2) is 78.1 Å². The number of fused-ring (bicyclic) bond motifs is 2. The van der Waals surface area contributed by atoms with Crippen molar-refractivity contribution in [3.8, 4) is 22.5 Å². The van der Waals surface area contributed by atoms with E-state index in [0.717, 1.165) is 60.0 Å². The van der Waals surface area contributed by atoms with Gasteiger partial charge in [0.05, 0.1) is 5.69 Å². The zero-order valence-corrected chi connectivity index (χ0v) is 35.7.